The van der Waals surface area contributed by atoms with Crippen LogP contribution in [0.5, 0.6) is 0 Å². The molecule has 0 saturated heterocycles. The van der Waals surface area contributed by atoms with Crippen LogP contribution < -0.4 is 0 Å². The Morgan fingerprint density at radius 1 is 1.23 bits per heavy atom. The molecular formula is C8H19O4P. The fraction of sp³-hybridized carbons (Fsp3) is 1.00. The second-order valence-electron chi connectivity index (χ2n) is 4.34. The molecule has 0 bridgehead atoms. The van der Waals surface area contributed by atoms with E-state index in [0.29, 0.717) is 6.42 Å². The highest BCUT2D eigenvalue weighted by molar-refractivity contribution is 7.46. The molecule has 80 valence electrons. The van der Waals surface area contributed by atoms with Gasteiger partial charge in [0, 0.05) is 0 Å². The van der Waals surface area contributed by atoms with Crippen LogP contribution in [0.25, 0.3) is 0 Å². The van der Waals surface area contributed by atoms with Crippen LogP contribution >= 0.6 is 7.82 Å². The second kappa shape index (κ2) is 5.11. The van der Waals surface area contributed by atoms with Crippen LogP contribution in [0.4, 0.5) is 0 Å². The van der Waals surface area contributed by atoms with Crippen molar-refractivity contribution >= 4 is 7.82 Å². The van der Waals surface area contributed by atoms with Crippen LogP contribution in [-0.2, 0) is 9.09 Å². The Hall–Kier alpha value is 0.110. The number of phosphoric acid groups is 1. The molecular weight excluding hydrogens is 191 g/mol. The molecule has 0 spiro atoms. The van der Waals surface area contributed by atoms with Crippen molar-refractivity contribution in [3.63, 3.8) is 0 Å². The van der Waals surface area contributed by atoms with E-state index in [4.69, 9.17) is 9.79 Å². The van der Waals surface area contributed by atoms with E-state index in [-0.39, 0.29) is 12.0 Å². The Balaban J connectivity index is 3.33. The topological polar surface area (TPSA) is 66.8 Å². The summed E-state index contributed by atoms with van der Waals surface area (Å²) in [7, 11) is -4.25. The van der Waals surface area contributed by atoms with Crippen molar-refractivity contribution in [2.45, 2.75) is 40.0 Å². The average molecular weight is 210 g/mol. The van der Waals surface area contributed by atoms with E-state index in [1.165, 1.54) is 0 Å². The third-order valence-electron chi connectivity index (χ3n) is 1.58. The van der Waals surface area contributed by atoms with Crippen molar-refractivity contribution < 1.29 is 18.9 Å². The summed E-state index contributed by atoms with van der Waals surface area (Å²) in [5, 5.41) is 0. The van der Waals surface area contributed by atoms with Crippen molar-refractivity contribution in [2.75, 3.05) is 6.61 Å². The Labute approximate surface area is 79.5 Å². The first-order valence-corrected chi connectivity index (χ1v) is 5.94. The number of unbranched alkanes of at least 4 members (excludes halogenated alkanes) is 1. The summed E-state index contributed by atoms with van der Waals surface area (Å²) in [5.41, 5.74) is 0.280. The van der Waals surface area contributed by atoms with Gasteiger partial charge in [-0.05, 0) is 18.3 Å². The normalized spacial score (nSPS) is 13.3. The summed E-state index contributed by atoms with van der Waals surface area (Å²) in [5.74, 6) is 0. The van der Waals surface area contributed by atoms with Crippen LogP contribution in [0.2, 0.25) is 0 Å². The van der Waals surface area contributed by atoms with Gasteiger partial charge in [0.15, 0.2) is 0 Å². The smallest absolute Gasteiger partial charge is 0.303 e. The first-order valence-electron chi connectivity index (χ1n) is 4.41. The lowest BCUT2D eigenvalue weighted by Gasteiger charge is -2.17. The van der Waals surface area contributed by atoms with Crippen LogP contribution in [0.1, 0.15) is 40.0 Å². The quantitative estimate of drug-likeness (QED) is 0.539. The second-order valence-corrected chi connectivity index (χ2v) is 5.58. The fourth-order valence-corrected chi connectivity index (χ4v) is 1.31. The van der Waals surface area contributed by atoms with E-state index in [1.54, 1.807) is 0 Å². The highest BCUT2D eigenvalue weighted by Gasteiger charge is 2.13. The van der Waals surface area contributed by atoms with E-state index in [1.807, 2.05) is 0 Å². The molecule has 0 aromatic rings. The Kier molecular flexibility index (Phi) is 5.15. The molecule has 4 nitrogen and oxygen atoms in total. The van der Waals surface area contributed by atoms with E-state index in [2.05, 4.69) is 25.3 Å². The SMILES string of the molecule is CC(C)(C)CCCCOP(=O)(O)O. The first-order chi connectivity index (χ1) is 5.71. The molecule has 0 aromatic heterocycles. The summed E-state index contributed by atoms with van der Waals surface area (Å²) in [6.07, 6.45) is 2.67. The fourth-order valence-electron chi connectivity index (χ4n) is 0.941. The molecule has 0 aliphatic carbocycles. The maximum absolute atomic E-state index is 10.3. The Bertz CT molecular complexity index is 179. The zero-order chi connectivity index (χ0) is 10.5. The molecule has 0 unspecified atom stereocenters. The minimum atomic E-state index is -4.25. The largest absolute Gasteiger partial charge is 0.469 e. The minimum Gasteiger partial charge on any atom is -0.303 e. The molecule has 0 saturated carbocycles. The molecule has 13 heavy (non-hydrogen) atoms. The highest BCUT2D eigenvalue weighted by Crippen LogP contribution is 2.36. The van der Waals surface area contributed by atoms with Crippen molar-refractivity contribution in [1.29, 1.82) is 0 Å². The summed E-state index contributed by atoms with van der Waals surface area (Å²) in [6.45, 7) is 6.55. The molecule has 0 aliphatic heterocycles. The summed E-state index contributed by atoms with van der Waals surface area (Å²) in [6, 6.07) is 0. The van der Waals surface area contributed by atoms with Gasteiger partial charge in [0.05, 0.1) is 6.61 Å². The number of hydrogen-bond donors (Lipinski definition) is 2. The summed E-state index contributed by atoms with van der Waals surface area (Å²) >= 11 is 0. The van der Waals surface area contributed by atoms with E-state index < -0.39 is 7.82 Å². The molecule has 0 rings (SSSR count). The van der Waals surface area contributed by atoms with Gasteiger partial charge in [-0.2, -0.15) is 0 Å². The number of hydrogen-bond acceptors (Lipinski definition) is 2. The first kappa shape index (κ1) is 13.1. The monoisotopic (exact) mass is 210 g/mol. The molecule has 0 aromatic carbocycles. The molecule has 0 atom stereocenters. The van der Waals surface area contributed by atoms with Gasteiger partial charge >= 0.3 is 7.82 Å². The van der Waals surface area contributed by atoms with Crippen LogP contribution in [0.3, 0.4) is 0 Å². The Morgan fingerprint density at radius 3 is 2.15 bits per heavy atom. The Morgan fingerprint density at radius 2 is 1.77 bits per heavy atom. The van der Waals surface area contributed by atoms with E-state index in [0.717, 1.165) is 12.8 Å². The summed E-state index contributed by atoms with van der Waals surface area (Å²) in [4.78, 5) is 16.7. The van der Waals surface area contributed by atoms with Crippen LogP contribution in [-0.4, -0.2) is 16.4 Å². The van der Waals surface area contributed by atoms with E-state index >= 15 is 0 Å². The average Bonchev–Trinajstić information content (AvgIpc) is 1.81. The molecule has 0 radical (unpaired) electrons. The molecule has 0 amide bonds. The van der Waals surface area contributed by atoms with Crippen LogP contribution in [0.15, 0.2) is 0 Å². The minimum absolute atomic E-state index is 0.139. The predicted molar refractivity (Wildman–Crippen MR) is 51.3 cm³/mol. The summed E-state index contributed by atoms with van der Waals surface area (Å²) < 4.78 is 14.6. The van der Waals surface area contributed by atoms with Gasteiger partial charge in [-0.15, -0.1) is 0 Å². The standard InChI is InChI=1S/C8H19O4P/c1-8(2,3)6-4-5-7-12-13(9,10)11/h4-7H2,1-3H3,(H2,9,10,11). The maximum Gasteiger partial charge on any atom is 0.469 e. The van der Waals surface area contributed by atoms with Gasteiger partial charge in [0.2, 0.25) is 0 Å². The number of rotatable bonds is 5. The van der Waals surface area contributed by atoms with Gasteiger partial charge in [-0.25, -0.2) is 4.57 Å². The van der Waals surface area contributed by atoms with Crippen LogP contribution in [0, 0.1) is 5.41 Å². The molecule has 0 fully saturated rings. The van der Waals surface area contributed by atoms with Crippen molar-refractivity contribution in [3.05, 3.63) is 0 Å². The molecule has 0 heterocycles. The van der Waals surface area contributed by atoms with Gasteiger partial charge in [-0.3, -0.25) is 4.52 Å². The third kappa shape index (κ3) is 12.1. The van der Waals surface area contributed by atoms with Crippen molar-refractivity contribution in [1.82, 2.24) is 0 Å². The number of phosphoric ester groups is 1. The van der Waals surface area contributed by atoms with Gasteiger partial charge in [0.1, 0.15) is 0 Å². The van der Waals surface area contributed by atoms with Gasteiger partial charge < -0.3 is 9.79 Å². The van der Waals surface area contributed by atoms with Crippen molar-refractivity contribution in [2.24, 2.45) is 5.41 Å². The maximum atomic E-state index is 10.3. The van der Waals surface area contributed by atoms with E-state index in [9.17, 15) is 4.57 Å². The zero-order valence-corrected chi connectivity index (χ0v) is 9.38. The molecule has 2 N–H and O–H groups in total. The third-order valence-corrected chi connectivity index (χ3v) is 2.10. The van der Waals surface area contributed by atoms with Crippen molar-refractivity contribution in [3.8, 4) is 0 Å². The molecule has 0 aliphatic rings. The molecule has 5 heteroatoms. The lowest BCUT2D eigenvalue weighted by molar-refractivity contribution is 0.190. The predicted octanol–water partition coefficient (Wildman–Crippen LogP) is 2.31. The lowest BCUT2D eigenvalue weighted by atomic mass is 9.90. The lowest BCUT2D eigenvalue weighted by Crippen LogP contribution is -2.05. The highest BCUT2D eigenvalue weighted by atomic mass is 31.2. The zero-order valence-electron chi connectivity index (χ0n) is 8.49. The van der Waals surface area contributed by atoms with Gasteiger partial charge in [-0.1, -0.05) is 27.2 Å². The van der Waals surface area contributed by atoms with Gasteiger partial charge in [0.25, 0.3) is 0 Å².